The summed E-state index contributed by atoms with van der Waals surface area (Å²) < 4.78 is 24.3. The van der Waals surface area contributed by atoms with E-state index in [0.717, 1.165) is 48.2 Å². The number of hydrogen-bond acceptors (Lipinski definition) is 8. The molecule has 0 saturated carbocycles. The lowest BCUT2D eigenvalue weighted by molar-refractivity contribution is 0.293. The molecule has 1 aromatic carbocycles. The van der Waals surface area contributed by atoms with E-state index in [4.69, 9.17) is 9.72 Å². The molecule has 0 spiro atoms. The van der Waals surface area contributed by atoms with Gasteiger partial charge in [-0.3, -0.25) is 10.1 Å². The molecule has 0 amide bonds. The smallest absolute Gasteiger partial charge is 0.319 e. The fraction of sp³-hybridized carbons (Fsp3) is 0.370. The lowest BCUT2D eigenvalue weighted by Gasteiger charge is -2.34. The number of hydrogen-bond donors (Lipinski definition) is 2. The molecular weight excluding hydrogens is 485 g/mol. The van der Waals surface area contributed by atoms with Gasteiger partial charge in [-0.1, -0.05) is 6.07 Å². The molecule has 0 aliphatic carbocycles. The van der Waals surface area contributed by atoms with Gasteiger partial charge in [-0.25, -0.2) is 9.37 Å². The third-order valence-corrected chi connectivity index (χ3v) is 7.71. The van der Waals surface area contributed by atoms with Crippen LogP contribution in [0.5, 0.6) is 6.01 Å². The Hall–Kier alpha value is -4.12. The zero-order valence-corrected chi connectivity index (χ0v) is 21.3. The number of aromatic nitrogens is 7. The quantitative estimate of drug-likeness (QED) is 0.356. The van der Waals surface area contributed by atoms with Crippen LogP contribution in [0.2, 0.25) is 0 Å². The van der Waals surface area contributed by atoms with E-state index >= 15 is 4.39 Å². The largest absolute Gasteiger partial charge is 0.463 e. The van der Waals surface area contributed by atoms with Crippen molar-refractivity contribution in [3.05, 3.63) is 54.1 Å². The minimum Gasteiger partial charge on any atom is -0.463 e. The highest BCUT2D eigenvalue weighted by Crippen LogP contribution is 2.37. The Kier molecular flexibility index (Phi) is 5.46. The van der Waals surface area contributed by atoms with Gasteiger partial charge in [-0.15, -0.1) is 0 Å². The number of aryl methyl sites for hydroxylation is 2. The number of H-pyrrole nitrogens is 1. The molecule has 2 saturated heterocycles. The maximum absolute atomic E-state index is 16.4. The van der Waals surface area contributed by atoms with Crippen molar-refractivity contribution in [2.45, 2.75) is 38.3 Å². The molecule has 11 heteroatoms. The molecule has 2 bridgehead atoms. The van der Waals surface area contributed by atoms with Crippen LogP contribution in [0.4, 0.5) is 10.2 Å². The molecule has 0 radical (unpaired) electrons. The first-order valence-electron chi connectivity index (χ1n) is 12.9. The van der Waals surface area contributed by atoms with Gasteiger partial charge in [0.05, 0.1) is 23.7 Å². The first-order valence-corrected chi connectivity index (χ1v) is 12.9. The summed E-state index contributed by atoms with van der Waals surface area (Å²) in [5, 5.41) is 12.2. The van der Waals surface area contributed by atoms with E-state index in [1.165, 1.54) is 0 Å². The van der Waals surface area contributed by atoms with E-state index in [0.29, 0.717) is 41.9 Å². The van der Waals surface area contributed by atoms with Crippen LogP contribution >= 0.6 is 0 Å². The van der Waals surface area contributed by atoms with Crippen LogP contribution < -0.4 is 15.0 Å². The predicted octanol–water partition coefficient (Wildman–Crippen LogP) is 3.31. The van der Waals surface area contributed by atoms with E-state index < -0.39 is 5.82 Å². The van der Waals surface area contributed by atoms with Crippen LogP contribution in [0.1, 0.15) is 24.2 Å². The number of halogens is 1. The minimum atomic E-state index is -0.491. The van der Waals surface area contributed by atoms with Crippen molar-refractivity contribution in [2.75, 3.05) is 24.6 Å². The number of rotatable bonds is 6. The summed E-state index contributed by atoms with van der Waals surface area (Å²) in [6.07, 6.45) is 9.89. The molecule has 0 unspecified atom stereocenters. The summed E-state index contributed by atoms with van der Waals surface area (Å²) in [7, 11) is 1.94. The Morgan fingerprint density at radius 3 is 2.71 bits per heavy atom. The van der Waals surface area contributed by atoms with Gasteiger partial charge in [0.15, 0.2) is 5.82 Å². The predicted molar refractivity (Wildman–Crippen MR) is 142 cm³/mol. The first kappa shape index (κ1) is 23.0. The van der Waals surface area contributed by atoms with Gasteiger partial charge in [0, 0.05) is 68.2 Å². The number of anilines is 1. The highest BCUT2D eigenvalue weighted by molar-refractivity contribution is 5.98. The Bertz CT molecular complexity index is 1650. The second-order valence-corrected chi connectivity index (χ2v) is 10.2. The minimum absolute atomic E-state index is 0.155. The van der Waals surface area contributed by atoms with Gasteiger partial charge in [0.1, 0.15) is 22.9 Å². The average molecular weight is 514 g/mol. The molecule has 10 nitrogen and oxygen atoms in total. The Balaban J connectivity index is 1.33. The Morgan fingerprint density at radius 1 is 1.08 bits per heavy atom. The van der Waals surface area contributed by atoms with Crippen LogP contribution in [0.3, 0.4) is 0 Å². The molecule has 5 aromatic rings. The lowest BCUT2D eigenvalue weighted by Crippen LogP contribution is -2.51. The zero-order valence-electron chi connectivity index (χ0n) is 21.3. The number of pyridine rings is 1. The molecular formula is C27H28FN9O. The molecule has 2 aliphatic rings. The van der Waals surface area contributed by atoms with Crippen LogP contribution in [0, 0.1) is 12.7 Å². The summed E-state index contributed by atoms with van der Waals surface area (Å²) >= 11 is 0. The molecule has 2 atom stereocenters. The third kappa shape index (κ3) is 3.85. The number of aromatic amines is 1. The van der Waals surface area contributed by atoms with Crippen LogP contribution in [0.25, 0.3) is 33.1 Å². The van der Waals surface area contributed by atoms with Gasteiger partial charge < -0.3 is 19.5 Å². The van der Waals surface area contributed by atoms with E-state index in [2.05, 4.69) is 35.4 Å². The van der Waals surface area contributed by atoms with Crippen molar-refractivity contribution >= 4 is 27.6 Å². The fourth-order valence-corrected chi connectivity index (χ4v) is 5.78. The van der Waals surface area contributed by atoms with Crippen molar-refractivity contribution in [3.8, 4) is 17.3 Å². The van der Waals surface area contributed by atoms with Gasteiger partial charge in [0.25, 0.3) is 0 Å². The number of nitrogens with one attached hydrogen (secondary N) is 2. The number of imidazole rings is 1. The van der Waals surface area contributed by atoms with Crippen molar-refractivity contribution in [3.63, 3.8) is 0 Å². The van der Waals surface area contributed by atoms with Gasteiger partial charge in [-0.2, -0.15) is 15.1 Å². The van der Waals surface area contributed by atoms with E-state index in [1.807, 2.05) is 36.9 Å². The number of benzene rings is 1. The fourth-order valence-electron chi connectivity index (χ4n) is 5.78. The summed E-state index contributed by atoms with van der Waals surface area (Å²) in [5.41, 5.74) is 2.88. The molecule has 38 heavy (non-hydrogen) atoms. The average Bonchev–Trinajstić information content (AvgIpc) is 3.64. The van der Waals surface area contributed by atoms with Crippen molar-refractivity contribution in [2.24, 2.45) is 7.05 Å². The SMILES string of the molecule is Cc1ccc2[nH]ncc2c1-c1ncc2c(N3C[C@H]4CC[C@@H](C3)N4)nc(OCCc3nccn3C)nc2c1F. The molecule has 194 valence electrons. The number of fused-ring (bicyclic) bond motifs is 4. The van der Waals surface area contributed by atoms with Crippen LogP contribution in [-0.2, 0) is 13.5 Å². The molecule has 7 rings (SSSR count). The maximum Gasteiger partial charge on any atom is 0.319 e. The first-order chi connectivity index (χ1) is 18.5. The van der Waals surface area contributed by atoms with E-state index in [1.54, 1.807) is 18.6 Å². The maximum atomic E-state index is 16.4. The van der Waals surface area contributed by atoms with Crippen LogP contribution in [-0.4, -0.2) is 66.5 Å². The van der Waals surface area contributed by atoms with E-state index in [9.17, 15) is 0 Å². The topological polar surface area (TPSA) is 110 Å². The normalized spacial score (nSPS) is 19.1. The number of nitrogens with zero attached hydrogens (tertiary/aromatic N) is 7. The second-order valence-electron chi connectivity index (χ2n) is 10.2. The van der Waals surface area contributed by atoms with Crippen molar-refractivity contribution < 1.29 is 9.13 Å². The number of piperazine rings is 1. The summed E-state index contributed by atoms with van der Waals surface area (Å²) in [5.74, 6) is 1.07. The highest BCUT2D eigenvalue weighted by Gasteiger charge is 2.34. The zero-order chi connectivity index (χ0) is 25.8. The molecule has 2 N–H and O–H groups in total. The summed E-state index contributed by atoms with van der Waals surface area (Å²) in [6.45, 7) is 3.87. The van der Waals surface area contributed by atoms with Gasteiger partial charge >= 0.3 is 6.01 Å². The molecule has 2 fully saturated rings. The standard InChI is InChI=1S/C27H28FN9O/c1-15-3-6-20-18(12-31-35-20)22(15)25-23(28)24-19(11-30-25)26(37-13-16-4-5-17(14-37)32-16)34-27(33-24)38-10-7-21-29-8-9-36(21)2/h3,6,8-9,11-12,16-17,32H,4-5,7,10,13-14H2,1-2H3,(H,31,35)/t16-,17+. The van der Waals surface area contributed by atoms with Crippen molar-refractivity contribution in [1.82, 2.24) is 40.0 Å². The summed E-state index contributed by atoms with van der Waals surface area (Å²) in [4.78, 5) is 20.5. The Labute approximate surface area is 218 Å². The molecule has 6 heterocycles. The molecule has 4 aromatic heterocycles. The van der Waals surface area contributed by atoms with Crippen LogP contribution in [0.15, 0.2) is 36.9 Å². The lowest BCUT2D eigenvalue weighted by atomic mass is 10.00. The monoisotopic (exact) mass is 513 g/mol. The van der Waals surface area contributed by atoms with E-state index in [-0.39, 0.29) is 17.2 Å². The molecule has 2 aliphatic heterocycles. The van der Waals surface area contributed by atoms with Gasteiger partial charge in [0.2, 0.25) is 0 Å². The van der Waals surface area contributed by atoms with Gasteiger partial charge in [-0.05, 0) is 31.4 Å². The highest BCUT2D eigenvalue weighted by atomic mass is 19.1. The third-order valence-electron chi connectivity index (χ3n) is 7.71. The van der Waals surface area contributed by atoms with Crippen molar-refractivity contribution in [1.29, 1.82) is 0 Å². The summed E-state index contributed by atoms with van der Waals surface area (Å²) in [6, 6.07) is 4.82. The number of ether oxygens (including phenoxy) is 1. The Morgan fingerprint density at radius 2 is 1.92 bits per heavy atom. The second kappa shape index (κ2) is 9.02.